The fourth-order valence-electron chi connectivity index (χ4n) is 0. The van der Waals surface area contributed by atoms with Gasteiger partial charge in [0.15, 0.2) is 0 Å². The van der Waals surface area contributed by atoms with Gasteiger partial charge in [-0.25, -0.2) is 0 Å². The molecule has 0 saturated carbocycles. The minimum absolute atomic E-state index is 0.938. The summed E-state index contributed by atoms with van der Waals surface area (Å²) >= 11 is 3.83. The van der Waals surface area contributed by atoms with Crippen LogP contribution in [0.25, 0.3) is 0 Å². The molecule has 11 heavy (non-hydrogen) atoms. The van der Waals surface area contributed by atoms with Crippen molar-refractivity contribution in [2.45, 2.75) is 12.3 Å². The van der Waals surface area contributed by atoms with E-state index in [0.717, 1.165) is 5.36 Å². The average Bonchev–Trinajstić information content (AvgIpc) is 2.18. The zero-order valence-electron chi connectivity index (χ0n) is 5.67. The van der Waals surface area contributed by atoms with Crippen LogP contribution in [-0.2, 0) is 34.9 Å². The zero-order chi connectivity index (χ0) is 10.7. The summed E-state index contributed by atoms with van der Waals surface area (Å²) in [4.78, 5) is 30.0. The molecule has 0 unspecified atom stereocenters. The molecule has 5 heteroatoms. The molecule has 0 aromatic carbocycles. The van der Waals surface area contributed by atoms with E-state index >= 15 is 0 Å². The Hall–Kier alpha value is -0.814. The van der Waals surface area contributed by atoms with Gasteiger partial charge in [-0.2, -0.15) is 0 Å². The van der Waals surface area contributed by atoms with Gasteiger partial charge >= 0.3 is 28.0 Å². The van der Waals surface area contributed by atoms with E-state index in [2.05, 4.69) is 42.9 Å². The average molecular weight is 200 g/mol. The van der Waals surface area contributed by atoms with Crippen molar-refractivity contribution in [3.63, 3.8) is 0 Å². The zero-order valence-corrected chi connectivity index (χ0v) is 6.71. The summed E-state index contributed by atoms with van der Waals surface area (Å²) in [5.41, 5.74) is 0. The first-order chi connectivity index (χ1) is 5.41. The maximum Gasteiger partial charge on any atom is 0.281 e. The second-order valence-corrected chi connectivity index (χ2v) is 0.972. The molecule has 0 atom stereocenters. The monoisotopic (exact) mass is 200 g/mol. The van der Waals surface area contributed by atoms with E-state index in [0.29, 0.717) is 0 Å². The van der Waals surface area contributed by atoms with Crippen LogP contribution >= 0.6 is 0 Å². The minimum atomic E-state index is 0.938. The van der Waals surface area contributed by atoms with E-state index in [1.807, 2.05) is 6.92 Å². The molecule has 0 aliphatic carbocycles. The third kappa shape index (κ3) is 717. The van der Waals surface area contributed by atoms with Crippen LogP contribution in [0.3, 0.4) is 0 Å². The van der Waals surface area contributed by atoms with Crippen molar-refractivity contribution in [3.05, 3.63) is 0 Å². The number of carbonyl (C=O) groups excluding carboxylic acids is 4. The van der Waals surface area contributed by atoms with E-state index < -0.39 is 0 Å². The van der Waals surface area contributed by atoms with E-state index in [9.17, 15) is 0 Å². The Bertz CT molecular complexity index is 29.8. The number of hydrogen-bond donors (Lipinski definition) is 0. The van der Waals surface area contributed by atoms with Crippen molar-refractivity contribution in [1.29, 1.82) is 0 Å². The van der Waals surface area contributed by atoms with E-state index in [1.54, 1.807) is 0 Å². The first-order valence-corrected chi connectivity index (χ1v) is 2.50. The Kier molecular flexibility index (Phi) is 51400. The molecule has 0 aromatic heterocycles. The third-order valence-electron chi connectivity index (χ3n) is 0. The Labute approximate surface area is 74.9 Å². The molecule has 0 aliphatic heterocycles. The maximum atomic E-state index is 7.50. The molecular weight excluding hydrogens is 195 g/mol. The van der Waals surface area contributed by atoms with Gasteiger partial charge in [-0.15, -0.1) is 0 Å². The molecule has 0 fully saturated rings. The van der Waals surface area contributed by atoms with Gasteiger partial charge in [0.25, 0.3) is 27.2 Å². The summed E-state index contributed by atoms with van der Waals surface area (Å²) in [5.74, 6) is 0. The fourth-order valence-corrected chi connectivity index (χ4v) is 0. The van der Waals surface area contributed by atoms with Crippen LogP contribution in [0.15, 0.2) is 0 Å². The van der Waals surface area contributed by atoms with Crippen LogP contribution in [0.4, 0.5) is 0 Å². The van der Waals surface area contributed by atoms with Crippen molar-refractivity contribution in [1.82, 2.24) is 0 Å². The van der Waals surface area contributed by atoms with Gasteiger partial charge in [-0.1, -0.05) is 0 Å². The summed E-state index contributed by atoms with van der Waals surface area (Å²) < 4.78 is 0. The van der Waals surface area contributed by atoms with Crippen molar-refractivity contribution in [3.8, 4) is 0 Å². The molecule has 0 N–H and O–H groups in total. The third-order valence-corrected chi connectivity index (χ3v) is 0. The molecule has 0 spiro atoms. The van der Waals surface area contributed by atoms with Gasteiger partial charge in [0.2, 0.25) is 0 Å². The summed E-state index contributed by atoms with van der Waals surface area (Å²) in [6, 6.07) is 0. The van der Waals surface area contributed by atoms with Gasteiger partial charge in [0, 0.05) is 0 Å². The van der Waals surface area contributed by atoms with Crippen molar-refractivity contribution >= 4 is 27.2 Å². The molecule has 0 rings (SSSR count). The number of hydrogen-bond acceptors (Lipinski definition) is 4. The Morgan fingerprint density at radius 3 is 0.818 bits per heavy atom. The van der Waals surface area contributed by atoms with Crippen LogP contribution < -0.4 is 0 Å². The van der Waals surface area contributed by atoms with Crippen LogP contribution in [0.5, 0.6) is 0 Å². The summed E-state index contributed by atoms with van der Waals surface area (Å²) in [5, 5.41) is 0.938. The predicted molar refractivity (Wildman–Crippen MR) is 33.3 cm³/mol. The molecule has 0 heterocycles. The molecule has 0 aromatic rings. The summed E-state index contributed by atoms with van der Waals surface area (Å²) in [6.45, 7) is 20.0. The predicted octanol–water partition coefficient (Wildman–Crippen LogP) is -0.617. The van der Waals surface area contributed by atoms with E-state index in [4.69, 9.17) is 19.2 Å². The van der Waals surface area contributed by atoms with E-state index in [-0.39, 0.29) is 0 Å². The molecule has 0 aliphatic rings. The van der Waals surface area contributed by atoms with Crippen LogP contribution in [-0.4, -0.2) is 27.2 Å². The van der Waals surface area contributed by atoms with Crippen LogP contribution in [0.1, 0.15) is 6.92 Å². The fraction of sp³-hybridized carbons (Fsp3) is 0.333. The van der Waals surface area contributed by atoms with Crippen molar-refractivity contribution in [2.24, 2.45) is 0 Å². The SMILES string of the molecule is C[CH2][Co].[C]=O.[C]=O.[C]=O.[C]=O. The molecule has 0 amide bonds. The van der Waals surface area contributed by atoms with E-state index in [1.165, 1.54) is 0 Å². The smallest absolute Gasteiger partial charge is 0.281 e. The quantitative estimate of drug-likeness (QED) is 0.522. The Balaban J connectivity index is -0.0000000139. The van der Waals surface area contributed by atoms with Gasteiger partial charge in [-0.3, -0.25) is 19.2 Å². The van der Waals surface area contributed by atoms with Crippen LogP contribution in [0.2, 0.25) is 5.36 Å². The number of rotatable bonds is 0. The second kappa shape index (κ2) is 17700. The Morgan fingerprint density at radius 2 is 0.818 bits per heavy atom. The minimum Gasteiger partial charge on any atom is -0.281 e. The standard InChI is InChI=1S/C2H5.4CO.Co/c5*1-2;/h1H2,2H3;;;;;. The second-order valence-electron chi connectivity index (χ2n) is 0.236. The molecule has 8 radical (unpaired) electrons. The van der Waals surface area contributed by atoms with Crippen molar-refractivity contribution < 1.29 is 34.9 Å². The summed E-state index contributed by atoms with van der Waals surface area (Å²) in [6.07, 6.45) is 0. The first-order valence-electron chi connectivity index (χ1n) is 1.76. The van der Waals surface area contributed by atoms with Crippen molar-refractivity contribution in [2.75, 3.05) is 0 Å². The molecular formula is C6H5CoO4. The molecule has 0 saturated heterocycles. The van der Waals surface area contributed by atoms with Gasteiger partial charge < -0.3 is 0 Å². The largest absolute Gasteiger partial charge is 0.281 e. The summed E-state index contributed by atoms with van der Waals surface area (Å²) in [7, 11) is 0. The maximum absolute atomic E-state index is 7.50. The molecule has 4 nitrogen and oxygen atoms in total. The topological polar surface area (TPSA) is 68.3 Å². The first kappa shape index (κ1) is 32.0. The van der Waals surface area contributed by atoms with Gasteiger partial charge in [0.05, 0.1) is 0 Å². The molecule has 0 bridgehead atoms. The van der Waals surface area contributed by atoms with Crippen LogP contribution in [0, 0.1) is 0 Å². The Morgan fingerprint density at radius 1 is 0.818 bits per heavy atom. The molecule has 62 valence electrons. The van der Waals surface area contributed by atoms with Gasteiger partial charge in [-0.05, 0) is 0 Å². The van der Waals surface area contributed by atoms with Gasteiger partial charge in [0.1, 0.15) is 0 Å². The normalized spacial score (nSPS) is 3.18.